The highest BCUT2D eigenvalue weighted by molar-refractivity contribution is 5.20. The van der Waals surface area contributed by atoms with Crippen molar-refractivity contribution >= 4 is 0 Å². The van der Waals surface area contributed by atoms with Crippen LogP contribution in [0.4, 0.5) is 8.78 Å². The minimum absolute atomic E-state index is 0.316. The average Bonchev–Trinajstić information content (AvgIpc) is 2.87. The molecule has 4 heteroatoms. The molecule has 1 aliphatic carbocycles. The maximum absolute atomic E-state index is 13.1. The van der Waals surface area contributed by atoms with E-state index in [9.17, 15) is 13.9 Å². The van der Waals surface area contributed by atoms with Crippen molar-refractivity contribution in [2.45, 2.75) is 38.2 Å². The van der Waals surface area contributed by atoms with Crippen molar-refractivity contribution in [3.63, 3.8) is 0 Å². The Hall–Kier alpha value is -1.00. The molecule has 0 spiro atoms. The van der Waals surface area contributed by atoms with E-state index in [1.54, 1.807) is 0 Å². The summed E-state index contributed by atoms with van der Waals surface area (Å²) in [6, 6.07) is 3.22. The number of hydrogen-bond donors (Lipinski definition) is 1. The molecular formula is C16H23F2NO. The predicted octanol–water partition coefficient (Wildman–Crippen LogP) is 3.51. The van der Waals surface area contributed by atoms with Crippen molar-refractivity contribution in [3.8, 4) is 0 Å². The molecule has 1 N–H and O–H groups in total. The molecule has 0 aromatic heterocycles. The third kappa shape index (κ3) is 4.53. The summed E-state index contributed by atoms with van der Waals surface area (Å²) in [7, 11) is 2.04. The smallest absolute Gasteiger partial charge is 0.126 e. The van der Waals surface area contributed by atoms with Gasteiger partial charge in [0.25, 0.3) is 0 Å². The van der Waals surface area contributed by atoms with E-state index in [-0.39, 0.29) is 0 Å². The van der Waals surface area contributed by atoms with Gasteiger partial charge in [-0.15, -0.1) is 0 Å². The molecule has 1 atom stereocenters. The summed E-state index contributed by atoms with van der Waals surface area (Å²) in [5.74, 6) is -0.513. The molecule has 0 heterocycles. The Labute approximate surface area is 119 Å². The van der Waals surface area contributed by atoms with Gasteiger partial charge in [0.1, 0.15) is 11.6 Å². The van der Waals surface area contributed by atoms with E-state index in [0.29, 0.717) is 12.0 Å². The second kappa shape index (κ2) is 7.14. The van der Waals surface area contributed by atoms with Gasteiger partial charge in [0, 0.05) is 19.2 Å². The van der Waals surface area contributed by atoms with Gasteiger partial charge < -0.3 is 10.0 Å². The molecule has 1 unspecified atom stereocenters. The van der Waals surface area contributed by atoms with Crippen LogP contribution in [0.25, 0.3) is 0 Å². The Morgan fingerprint density at radius 1 is 1.20 bits per heavy atom. The molecule has 0 amide bonds. The molecule has 1 aliphatic rings. The van der Waals surface area contributed by atoms with Crippen LogP contribution in [0, 0.1) is 17.6 Å². The fourth-order valence-corrected chi connectivity index (χ4v) is 3.00. The second-order valence-corrected chi connectivity index (χ2v) is 5.92. The molecule has 0 bridgehead atoms. The van der Waals surface area contributed by atoms with Crippen molar-refractivity contribution < 1.29 is 13.9 Å². The van der Waals surface area contributed by atoms with Gasteiger partial charge in [-0.3, -0.25) is 0 Å². The number of aliphatic hydroxyl groups is 1. The van der Waals surface area contributed by atoms with Crippen LogP contribution in [-0.4, -0.2) is 30.1 Å². The Morgan fingerprint density at radius 3 is 2.40 bits per heavy atom. The van der Waals surface area contributed by atoms with Crippen LogP contribution in [-0.2, 0) is 0 Å². The van der Waals surface area contributed by atoms with Gasteiger partial charge in [-0.05, 0) is 49.9 Å². The van der Waals surface area contributed by atoms with E-state index in [1.165, 1.54) is 37.8 Å². The van der Waals surface area contributed by atoms with Crippen LogP contribution in [0.1, 0.15) is 43.8 Å². The first-order valence-corrected chi connectivity index (χ1v) is 7.37. The lowest BCUT2D eigenvalue weighted by Gasteiger charge is -2.22. The standard InChI is InChI=1S/C16H23F2NO/c1-19(11-12-4-2-3-5-12)7-6-16(20)13-8-14(17)10-15(18)9-13/h8-10,12,16,20H,2-7,11H2,1H3. The predicted molar refractivity (Wildman–Crippen MR) is 75.4 cm³/mol. The quantitative estimate of drug-likeness (QED) is 0.863. The normalized spacial score (nSPS) is 17.9. The van der Waals surface area contributed by atoms with Crippen LogP contribution < -0.4 is 0 Å². The topological polar surface area (TPSA) is 23.5 Å². The maximum Gasteiger partial charge on any atom is 0.126 e. The van der Waals surface area contributed by atoms with E-state index in [0.717, 1.165) is 25.1 Å². The van der Waals surface area contributed by atoms with Crippen LogP contribution in [0.15, 0.2) is 18.2 Å². The molecule has 0 aliphatic heterocycles. The highest BCUT2D eigenvalue weighted by atomic mass is 19.1. The summed E-state index contributed by atoms with van der Waals surface area (Å²) in [6.45, 7) is 1.78. The monoisotopic (exact) mass is 283 g/mol. The van der Waals surface area contributed by atoms with Crippen LogP contribution in [0.2, 0.25) is 0 Å². The summed E-state index contributed by atoms with van der Waals surface area (Å²) in [4.78, 5) is 2.20. The number of aliphatic hydroxyl groups excluding tert-OH is 1. The van der Waals surface area contributed by atoms with Gasteiger partial charge in [-0.2, -0.15) is 0 Å². The molecule has 0 radical (unpaired) electrons. The zero-order valence-corrected chi connectivity index (χ0v) is 12.0. The van der Waals surface area contributed by atoms with Crippen molar-refractivity contribution in [1.29, 1.82) is 0 Å². The average molecular weight is 283 g/mol. The molecule has 20 heavy (non-hydrogen) atoms. The lowest BCUT2D eigenvalue weighted by atomic mass is 10.0. The SMILES string of the molecule is CN(CCC(O)c1cc(F)cc(F)c1)CC1CCCC1. The second-order valence-electron chi connectivity index (χ2n) is 5.92. The van der Waals surface area contributed by atoms with Crippen LogP contribution in [0.3, 0.4) is 0 Å². The largest absolute Gasteiger partial charge is 0.388 e. The summed E-state index contributed by atoms with van der Waals surface area (Å²) < 4.78 is 26.2. The van der Waals surface area contributed by atoms with E-state index >= 15 is 0 Å². The number of nitrogens with zero attached hydrogens (tertiary/aromatic N) is 1. The number of halogens is 2. The van der Waals surface area contributed by atoms with Crippen molar-refractivity contribution in [2.24, 2.45) is 5.92 Å². The van der Waals surface area contributed by atoms with E-state index in [4.69, 9.17) is 0 Å². The first-order chi connectivity index (χ1) is 9.54. The lowest BCUT2D eigenvalue weighted by molar-refractivity contribution is 0.144. The van der Waals surface area contributed by atoms with Crippen LogP contribution >= 0.6 is 0 Å². The highest BCUT2D eigenvalue weighted by Crippen LogP contribution is 2.25. The van der Waals surface area contributed by atoms with Gasteiger partial charge in [0.2, 0.25) is 0 Å². The summed E-state index contributed by atoms with van der Waals surface area (Å²) in [5, 5.41) is 10.0. The third-order valence-electron chi connectivity index (χ3n) is 4.10. The zero-order chi connectivity index (χ0) is 14.5. The Bertz CT molecular complexity index is 412. The molecule has 2 nitrogen and oxygen atoms in total. The maximum atomic E-state index is 13.1. The number of hydrogen-bond acceptors (Lipinski definition) is 2. The highest BCUT2D eigenvalue weighted by Gasteiger charge is 2.17. The zero-order valence-electron chi connectivity index (χ0n) is 12.0. The molecule has 112 valence electrons. The Kier molecular flexibility index (Phi) is 5.49. The summed E-state index contributed by atoms with van der Waals surface area (Å²) in [5.41, 5.74) is 0.316. The van der Waals surface area contributed by atoms with E-state index in [2.05, 4.69) is 4.90 Å². The first kappa shape index (κ1) is 15.4. The molecular weight excluding hydrogens is 260 g/mol. The minimum atomic E-state index is -0.814. The number of rotatable bonds is 6. The van der Waals surface area contributed by atoms with Crippen molar-refractivity contribution in [1.82, 2.24) is 4.90 Å². The van der Waals surface area contributed by atoms with Crippen molar-refractivity contribution in [2.75, 3.05) is 20.1 Å². The molecule has 1 saturated carbocycles. The Balaban J connectivity index is 1.80. The molecule has 1 aromatic rings. The van der Waals surface area contributed by atoms with Gasteiger partial charge in [-0.1, -0.05) is 12.8 Å². The van der Waals surface area contributed by atoms with Crippen molar-refractivity contribution in [3.05, 3.63) is 35.4 Å². The molecule has 0 saturated heterocycles. The minimum Gasteiger partial charge on any atom is -0.388 e. The van der Waals surface area contributed by atoms with E-state index < -0.39 is 17.7 Å². The molecule has 2 rings (SSSR count). The molecule has 1 fully saturated rings. The summed E-state index contributed by atoms with van der Waals surface area (Å²) in [6.07, 6.45) is 4.91. The van der Waals surface area contributed by atoms with Gasteiger partial charge in [0.15, 0.2) is 0 Å². The Morgan fingerprint density at radius 2 is 1.80 bits per heavy atom. The van der Waals surface area contributed by atoms with Gasteiger partial charge in [-0.25, -0.2) is 8.78 Å². The third-order valence-corrected chi connectivity index (χ3v) is 4.10. The molecule has 1 aromatic carbocycles. The fourth-order valence-electron chi connectivity index (χ4n) is 3.00. The summed E-state index contributed by atoms with van der Waals surface area (Å²) >= 11 is 0. The lowest BCUT2D eigenvalue weighted by Crippen LogP contribution is -2.26. The van der Waals surface area contributed by atoms with Gasteiger partial charge >= 0.3 is 0 Å². The number of benzene rings is 1. The van der Waals surface area contributed by atoms with Gasteiger partial charge in [0.05, 0.1) is 6.10 Å². The first-order valence-electron chi connectivity index (χ1n) is 7.37. The fraction of sp³-hybridized carbons (Fsp3) is 0.625. The van der Waals surface area contributed by atoms with Crippen LogP contribution in [0.5, 0.6) is 0 Å². The van der Waals surface area contributed by atoms with E-state index in [1.807, 2.05) is 7.05 Å².